The zero-order valence-electron chi connectivity index (χ0n) is 19.3. The number of nitrogens with zero attached hydrogens (tertiary/aromatic N) is 5. The van der Waals surface area contributed by atoms with Crippen LogP contribution in [0.2, 0.25) is 0 Å². The fourth-order valence-corrected chi connectivity index (χ4v) is 4.23. The van der Waals surface area contributed by atoms with Crippen LogP contribution in [0.3, 0.4) is 0 Å². The molecular weight excluding hydrogens is 512 g/mol. The molecule has 1 amide bonds. The largest absolute Gasteiger partial charge is 0.423 e. The molecule has 4 heterocycles. The van der Waals surface area contributed by atoms with Gasteiger partial charge in [-0.2, -0.15) is 31.4 Å². The Hall–Kier alpha value is -3.43. The molecule has 2 aliphatic rings. The highest BCUT2D eigenvalue weighted by molar-refractivity contribution is 5.77. The summed E-state index contributed by atoms with van der Waals surface area (Å²) in [5.41, 5.74) is -4.11. The number of nitrogens with one attached hydrogen (secondary N) is 2. The Balaban J connectivity index is 1.23. The second-order valence-corrected chi connectivity index (χ2v) is 8.67. The van der Waals surface area contributed by atoms with Gasteiger partial charge in [-0.1, -0.05) is 0 Å². The number of rotatable bonds is 6. The molecule has 202 valence electrons. The van der Waals surface area contributed by atoms with Crippen molar-refractivity contribution < 1.29 is 35.9 Å². The molecule has 16 heteroatoms. The van der Waals surface area contributed by atoms with Gasteiger partial charge in [0, 0.05) is 45.1 Å². The van der Waals surface area contributed by atoms with E-state index >= 15 is 0 Å². The number of H-pyrrole nitrogens is 1. The monoisotopic (exact) mass is 535 g/mol. The maximum atomic E-state index is 13.2. The molecule has 1 unspecified atom stereocenters. The fraction of sp³-hybridized carbons (Fsp3) is 0.571. The molecule has 37 heavy (non-hydrogen) atoms. The number of carbonyl (C=O) groups is 1. The standard InChI is InChI=1S/C21H23F6N7O3/c22-20(23,24)12-8-29-19(30-9-12)34-5-3-33(4-6-34)16(35)7-13-1-2-14(37-13)10-28-15-11-31-32-18(36)17(15)21(25,26)27/h8-9,11,13-14H,1-7,10H2,(H2,28,32,36)/t13?,14-/m1/s1. The molecule has 2 aromatic heterocycles. The number of piperazine rings is 1. The summed E-state index contributed by atoms with van der Waals surface area (Å²) in [4.78, 5) is 35.1. The van der Waals surface area contributed by atoms with Gasteiger partial charge < -0.3 is 19.9 Å². The molecule has 10 nitrogen and oxygen atoms in total. The minimum Gasteiger partial charge on any atom is -0.380 e. The number of anilines is 2. The Kier molecular flexibility index (Phi) is 7.57. The van der Waals surface area contributed by atoms with Crippen molar-refractivity contribution in [1.82, 2.24) is 25.1 Å². The summed E-state index contributed by atoms with van der Waals surface area (Å²) < 4.78 is 83.3. The number of hydrogen-bond donors (Lipinski definition) is 2. The van der Waals surface area contributed by atoms with E-state index < -0.39 is 46.9 Å². The molecule has 0 saturated carbocycles. The van der Waals surface area contributed by atoms with Crippen molar-refractivity contribution in [3.63, 3.8) is 0 Å². The number of alkyl halides is 6. The number of aromatic amines is 1. The topological polar surface area (TPSA) is 116 Å². The molecule has 4 rings (SSSR count). The van der Waals surface area contributed by atoms with Crippen LogP contribution in [-0.2, 0) is 21.9 Å². The van der Waals surface area contributed by atoms with Crippen LogP contribution in [-0.4, -0.2) is 75.9 Å². The minimum atomic E-state index is -4.85. The first-order valence-corrected chi connectivity index (χ1v) is 11.4. The third-order valence-electron chi connectivity index (χ3n) is 6.14. The third kappa shape index (κ3) is 6.47. The molecule has 0 aromatic carbocycles. The summed E-state index contributed by atoms with van der Waals surface area (Å²) in [6.07, 6.45) is -6.76. The summed E-state index contributed by atoms with van der Waals surface area (Å²) in [6, 6.07) is 0. The highest BCUT2D eigenvalue weighted by Gasteiger charge is 2.38. The molecule has 2 N–H and O–H groups in total. The van der Waals surface area contributed by atoms with Gasteiger partial charge in [0.25, 0.3) is 5.56 Å². The van der Waals surface area contributed by atoms with Gasteiger partial charge in [-0.25, -0.2) is 15.1 Å². The first-order valence-electron chi connectivity index (χ1n) is 11.4. The Labute approximate surface area is 206 Å². The van der Waals surface area contributed by atoms with Crippen LogP contribution in [0.4, 0.5) is 38.0 Å². The molecular formula is C21H23F6N7O3. The van der Waals surface area contributed by atoms with Crippen molar-refractivity contribution >= 4 is 17.5 Å². The summed E-state index contributed by atoms with van der Waals surface area (Å²) >= 11 is 0. The van der Waals surface area contributed by atoms with Gasteiger partial charge in [0.15, 0.2) is 0 Å². The molecule has 2 saturated heterocycles. The molecule has 2 fully saturated rings. The van der Waals surface area contributed by atoms with E-state index in [1.807, 2.05) is 0 Å². The molecule has 2 aliphatic heterocycles. The third-order valence-corrected chi connectivity index (χ3v) is 6.14. The van der Waals surface area contributed by atoms with Crippen molar-refractivity contribution in [3.05, 3.63) is 40.1 Å². The molecule has 0 spiro atoms. The second kappa shape index (κ2) is 10.5. The number of carbonyl (C=O) groups excluding carboxylic acids is 1. The average molecular weight is 535 g/mol. The first-order chi connectivity index (χ1) is 17.4. The number of aromatic nitrogens is 4. The average Bonchev–Trinajstić information content (AvgIpc) is 3.28. The summed E-state index contributed by atoms with van der Waals surface area (Å²) in [5.74, 6) is -0.0106. The number of halogens is 6. The zero-order chi connectivity index (χ0) is 26.8. The molecule has 2 aromatic rings. The fourth-order valence-electron chi connectivity index (χ4n) is 4.23. The van der Waals surface area contributed by atoms with Gasteiger partial charge in [0.05, 0.1) is 36.1 Å². The SMILES string of the molecule is O=C(CC1CC[C@H](CNc2cn[nH]c(=O)c2C(F)(F)F)O1)N1CCN(c2ncc(C(F)(F)F)cn2)CC1. The maximum Gasteiger partial charge on any atom is 0.423 e. The molecule has 0 aliphatic carbocycles. The quantitative estimate of drug-likeness (QED) is 0.542. The highest BCUT2D eigenvalue weighted by atomic mass is 19.4. The summed E-state index contributed by atoms with van der Waals surface area (Å²) in [7, 11) is 0. The van der Waals surface area contributed by atoms with Crippen molar-refractivity contribution in [3.8, 4) is 0 Å². The van der Waals surface area contributed by atoms with E-state index in [9.17, 15) is 35.9 Å². The van der Waals surface area contributed by atoms with E-state index in [0.29, 0.717) is 39.0 Å². The van der Waals surface area contributed by atoms with Crippen molar-refractivity contribution in [2.24, 2.45) is 0 Å². The predicted molar refractivity (Wildman–Crippen MR) is 117 cm³/mol. The van der Waals surface area contributed by atoms with Gasteiger partial charge >= 0.3 is 12.4 Å². The lowest BCUT2D eigenvalue weighted by Crippen LogP contribution is -2.49. The van der Waals surface area contributed by atoms with Crippen LogP contribution in [0.5, 0.6) is 0 Å². The number of hydrogen-bond acceptors (Lipinski definition) is 8. The van der Waals surface area contributed by atoms with Gasteiger partial charge in [-0.05, 0) is 12.8 Å². The summed E-state index contributed by atoms with van der Waals surface area (Å²) in [6.45, 7) is 1.36. The van der Waals surface area contributed by atoms with E-state index in [-0.39, 0.29) is 24.8 Å². The van der Waals surface area contributed by atoms with Crippen molar-refractivity contribution in [2.75, 3.05) is 42.9 Å². The predicted octanol–water partition coefficient (Wildman–Crippen LogP) is 2.30. The van der Waals surface area contributed by atoms with Crippen LogP contribution in [0.25, 0.3) is 0 Å². The van der Waals surface area contributed by atoms with Gasteiger partial charge in [0.2, 0.25) is 11.9 Å². The van der Waals surface area contributed by atoms with Crippen molar-refractivity contribution in [1.29, 1.82) is 0 Å². The van der Waals surface area contributed by atoms with E-state index in [0.717, 1.165) is 18.6 Å². The summed E-state index contributed by atoms with van der Waals surface area (Å²) in [5, 5.41) is 7.73. The maximum absolute atomic E-state index is 13.2. The molecule has 0 radical (unpaired) electrons. The smallest absolute Gasteiger partial charge is 0.380 e. The zero-order valence-corrected chi connectivity index (χ0v) is 19.3. The lowest BCUT2D eigenvalue weighted by atomic mass is 10.1. The van der Waals surface area contributed by atoms with Crippen LogP contribution in [0.15, 0.2) is 23.4 Å². The van der Waals surface area contributed by atoms with E-state index in [4.69, 9.17) is 4.74 Å². The first kappa shape index (κ1) is 26.6. The Morgan fingerprint density at radius 1 is 1.00 bits per heavy atom. The number of ether oxygens (including phenoxy) is 1. The minimum absolute atomic E-state index is 0.00467. The Morgan fingerprint density at radius 3 is 2.27 bits per heavy atom. The van der Waals surface area contributed by atoms with Gasteiger partial charge in [-0.3, -0.25) is 9.59 Å². The highest BCUT2D eigenvalue weighted by Crippen LogP contribution is 2.32. The van der Waals surface area contributed by atoms with E-state index in [1.165, 1.54) is 0 Å². The van der Waals surface area contributed by atoms with Gasteiger partial charge in [0.1, 0.15) is 5.56 Å². The van der Waals surface area contributed by atoms with E-state index in [1.54, 1.807) is 14.9 Å². The van der Waals surface area contributed by atoms with Crippen LogP contribution in [0, 0.1) is 0 Å². The van der Waals surface area contributed by atoms with Crippen LogP contribution in [0.1, 0.15) is 30.4 Å². The van der Waals surface area contributed by atoms with Crippen LogP contribution >= 0.6 is 0 Å². The Morgan fingerprint density at radius 2 is 1.65 bits per heavy atom. The lowest BCUT2D eigenvalue weighted by molar-refractivity contribution is -0.139. The second-order valence-electron chi connectivity index (χ2n) is 8.67. The number of amides is 1. The Bertz CT molecular complexity index is 1150. The van der Waals surface area contributed by atoms with Crippen LogP contribution < -0.4 is 15.8 Å². The van der Waals surface area contributed by atoms with Gasteiger partial charge in [-0.15, -0.1) is 0 Å². The molecule has 2 atom stereocenters. The normalized spacial score (nSPS) is 20.8. The molecule has 0 bridgehead atoms. The van der Waals surface area contributed by atoms with Crippen molar-refractivity contribution in [2.45, 2.75) is 43.8 Å². The lowest BCUT2D eigenvalue weighted by Gasteiger charge is -2.35. The van der Waals surface area contributed by atoms with E-state index in [2.05, 4.69) is 20.4 Å².